The summed E-state index contributed by atoms with van der Waals surface area (Å²) in [7, 11) is -4.49. The molecule has 1 atom stereocenters. The summed E-state index contributed by atoms with van der Waals surface area (Å²) in [4.78, 5) is 36.4. The van der Waals surface area contributed by atoms with Gasteiger partial charge < -0.3 is 14.0 Å². The maximum absolute atomic E-state index is 12.4. The summed E-state index contributed by atoms with van der Waals surface area (Å²) in [6.07, 6.45) is 1.66. The van der Waals surface area contributed by atoms with E-state index in [1.54, 1.807) is 34.6 Å². The summed E-state index contributed by atoms with van der Waals surface area (Å²) >= 11 is 5.89. The molecular formula is C19H26ClN5O7S. The van der Waals surface area contributed by atoms with E-state index < -0.39 is 34.1 Å². The van der Waals surface area contributed by atoms with Crippen molar-refractivity contribution in [1.29, 1.82) is 0 Å². The molecule has 2 heterocycles. The molecule has 2 aromatic heterocycles. The molecule has 0 aromatic carbocycles. The van der Waals surface area contributed by atoms with E-state index in [-0.39, 0.29) is 24.3 Å². The molecule has 182 valence electrons. The van der Waals surface area contributed by atoms with Crippen LogP contribution in [-0.4, -0.2) is 58.3 Å². The van der Waals surface area contributed by atoms with E-state index in [0.29, 0.717) is 17.0 Å². The monoisotopic (exact) mass is 503 g/mol. The number of nitrogens with one attached hydrogen (secondary N) is 1. The highest BCUT2D eigenvalue weighted by Gasteiger charge is 2.26. The van der Waals surface area contributed by atoms with Crippen molar-refractivity contribution in [3.05, 3.63) is 29.1 Å². The number of hydrogen-bond donors (Lipinski definition) is 1. The van der Waals surface area contributed by atoms with Gasteiger partial charge in [-0.3, -0.25) is 4.18 Å². The lowest BCUT2D eigenvalue weighted by Gasteiger charge is -2.19. The third kappa shape index (κ3) is 7.94. The number of imidazole rings is 1. The third-order valence-corrected chi connectivity index (χ3v) is 5.03. The Labute approximate surface area is 196 Å². The summed E-state index contributed by atoms with van der Waals surface area (Å²) in [5.41, 5.74) is 0.460. The Hall–Kier alpha value is -2.77. The van der Waals surface area contributed by atoms with Crippen LogP contribution in [0.2, 0.25) is 5.28 Å². The van der Waals surface area contributed by atoms with Gasteiger partial charge in [0.15, 0.2) is 0 Å². The van der Waals surface area contributed by atoms with E-state index in [4.69, 9.17) is 21.1 Å². The molecule has 0 saturated carbocycles. The molecule has 0 fully saturated rings. The first kappa shape index (κ1) is 26.5. The van der Waals surface area contributed by atoms with E-state index in [1.165, 1.54) is 23.9 Å². The van der Waals surface area contributed by atoms with Crippen molar-refractivity contribution in [2.45, 2.75) is 59.7 Å². The number of hydrogen-bond acceptors (Lipinski definition) is 10. The van der Waals surface area contributed by atoms with Crippen molar-refractivity contribution in [3.63, 3.8) is 0 Å². The first-order valence-corrected chi connectivity index (χ1v) is 11.7. The molecule has 14 heteroatoms. The van der Waals surface area contributed by atoms with E-state index >= 15 is 0 Å². The number of ether oxygens (including phenoxy) is 2. The Morgan fingerprint density at radius 3 is 2.55 bits per heavy atom. The highest BCUT2D eigenvalue weighted by atomic mass is 35.5. The topological polar surface area (TPSA) is 152 Å². The molecule has 2 rings (SSSR count). The van der Waals surface area contributed by atoms with Gasteiger partial charge in [0.2, 0.25) is 11.1 Å². The maximum Gasteiger partial charge on any atom is 0.525 e. The van der Waals surface area contributed by atoms with Crippen LogP contribution in [0.5, 0.6) is 0 Å². The van der Waals surface area contributed by atoms with Crippen LogP contribution in [0.15, 0.2) is 12.4 Å². The summed E-state index contributed by atoms with van der Waals surface area (Å²) < 4.78 is 42.2. The van der Waals surface area contributed by atoms with Crippen LogP contribution in [0.1, 0.15) is 50.8 Å². The summed E-state index contributed by atoms with van der Waals surface area (Å²) in [6.45, 7) is 9.67. The fraction of sp³-hybridized carbons (Fsp3) is 0.526. The summed E-state index contributed by atoms with van der Waals surface area (Å²) in [6, 6.07) is -0.817. The zero-order valence-corrected chi connectivity index (χ0v) is 20.7. The van der Waals surface area contributed by atoms with Crippen LogP contribution < -0.4 is 4.72 Å². The van der Waals surface area contributed by atoms with Gasteiger partial charge in [0.05, 0.1) is 12.3 Å². The van der Waals surface area contributed by atoms with Gasteiger partial charge in [-0.2, -0.15) is 13.1 Å². The molecule has 12 nitrogen and oxygen atoms in total. The largest absolute Gasteiger partial charge is 0.525 e. The number of aryl methyl sites for hydroxylation is 1. The Morgan fingerprint density at radius 2 is 1.94 bits per heavy atom. The molecule has 0 spiro atoms. The van der Waals surface area contributed by atoms with Crippen molar-refractivity contribution < 1.29 is 31.7 Å². The number of aromatic nitrogens is 4. The molecule has 0 unspecified atom stereocenters. The number of carbonyl (C=O) groups is 2. The average Bonchev–Trinajstić information content (AvgIpc) is 3.04. The van der Waals surface area contributed by atoms with Crippen molar-refractivity contribution in [2.24, 2.45) is 0 Å². The lowest BCUT2D eigenvalue weighted by atomic mass is 10.2. The van der Waals surface area contributed by atoms with Crippen molar-refractivity contribution in [3.8, 4) is 11.4 Å². The van der Waals surface area contributed by atoms with Gasteiger partial charge in [0, 0.05) is 25.0 Å². The maximum atomic E-state index is 12.4. The van der Waals surface area contributed by atoms with Gasteiger partial charge in [-0.15, -0.1) is 0 Å². The van der Waals surface area contributed by atoms with Gasteiger partial charge in [-0.25, -0.2) is 24.5 Å². The molecular weight excluding hydrogens is 478 g/mol. The first-order valence-electron chi connectivity index (χ1n) is 9.89. The molecule has 0 saturated heterocycles. The Kier molecular flexibility index (Phi) is 8.38. The third-order valence-electron chi connectivity index (χ3n) is 3.80. The van der Waals surface area contributed by atoms with Crippen LogP contribution in [0.4, 0.5) is 4.79 Å². The Bertz CT molecular complexity index is 1130. The Morgan fingerprint density at radius 1 is 1.27 bits per heavy atom. The smallest absolute Gasteiger partial charge is 0.460 e. The minimum atomic E-state index is -4.49. The van der Waals surface area contributed by atoms with Crippen LogP contribution >= 0.6 is 11.6 Å². The van der Waals surface area contributed by atoms with Crippen molar-refractivity contribution in [2.75, 3.05) is 6.61 Å². The number of halogens is 1. The minimum absolute atomic E-state index is 0.00301. The van der Waals surface area contributed by atoms with Gasteiger partial charge in [-0.1, -0.05) is 0 Å². The standard InChI is InChI=1S/C19H26ClN5O7S/c1-7-30-16(26)15-22-13(14-11(2)8-21-17(20)23-14)10-25(15)9-12(3)24-33(28,29)32-18(27)31-19(4,5)6/h8,10,12,24H,7,9H2,1-6H3/t12-/m0/s1. The molecule has 0 aliphatic carbocycles. The average molecular weight is 504 g/mol. The van der Waals surface area contributed by atoms with Crippen LogP contribution in [0.3, 0.4) is 0 Å². The zero-order chi connectivity index (χ0) is 25.0. The second-order valence-electron chi connectivity index (χ2n) is 8.01. The molecule has 1 N–H and O–H groups in total. The van der Waals surface area contributed by atoms with Crippen LogP contribution in [0.25, 0.3) is 11.4 Å². The van der Waals surface area contributed by atoms with Gasteiger partial charge in [0.1, 0.15) is 11.3 Å². The highest BCUT2D eigenvalue weighted by Crippen LogP contribution is 2.22. The fourth-order valence-electron chi connectivity index (χ4n) is 2.67. The number of esters is 1. The highest BCUT2D eigenvalue weighted by molar-refractivity contribution is 7.85. The normalized spacial score (nSPS) is 12.8. The van der Waals surface area contributed by atoms with E-state index in [1.807, 2.05) is 0 Å². The predicted octanol–water partition coefficient (Wildman–Crippen LogP) is 2.65. The van der Waals surface area contributed by atoms with Gasteiger partial charge >= 0.3 is 22.4 Å². The second-order valence-corrected chi connectivity index (χ2v) is 9.66. The predicted molar refractivity (Wildman–Crippen MR) is 118 cm³/mol. The number of nitrogens with zero attached hydrogens (tertiary/aromatic N) is 4. The minimum Gasteiger partial charge on any atom is -0.460 e. The van der Waals surface area contributed by atoms with Crippen molar-refractivity contribution >= 4 is 34.0 Å². The lowest BCUT2D eigenvalue weighted by Crippen LogP contribution is -2.39. The summed E-state index contributed by atoms with van der Waals surface area (Å²) in [5.74, 6) is -0.776. The zero-order valence-electron chi connectivity index (χ0n) is 19.1. The number of rotatable bonds is 8. The van der Waals surface area contributed by atoms with E-state index in [2.05, 4.69) is 23.9 Å². The molecule has 33 heavy (non-hydrogen) atoms. The summed E-state index contributed by atoms with van der Waals surface area (Å²) in [5, 5.41) is 0.00301. The molecule has 2 aromatic rings. The fourth-order valence-corrected chi connectivity index (χ4v) is 3.63. The van der Waals surface area contributed by atoms with Crippen LogP contribution in [0, 0.1) is 6.92 Å². The molecule has 0 aliphatic heterocycles. The SMILES string of the molecule is CCOC(=O)c1nc(-c2nc(Cl)ncc2C)cn1C[C@H](C)NS(=O)(=O)OC(=O)OC(C)(C)C. The number of carbonyl (C=O) groups excluding carboxylic acids is 2. The first-order chi connectivity index (χ1) is 15.2. The molecule has 0 bridgehead atoms. The second kappa shape index (κ2) is 10.4. The van der Waals surface area contributed by atoms with Gasteiger partial charge in [-0.05, 0) is 58.7 Å². The Balaban J connectivity index is 2.26. The van der Waals surface area contributed by atoms with Gasteiger partial charge in [0.25, 0.3) is 0 Å². The van der Waals surface area contributed by atoms with Crippen LogP contribution in [-0.2, 0) is 30.5 Å². The molecule has 0 amide bonds. The lowest BCUT2D eigenvalue weighted by molar-refractivity contribution is 0.0218. The van der Waals surface area contributed by atoms with E-state index in [0.717, 1.165) is 0 Å². The van der Waals surface area contributed by atoms with Crippen molar-refractivity contribution in [1.82, 2.24) is 24.2 Å². The molecule has 0 aliphatic rings. The van der Waals surface area contributed by atoms with E-state index in [9.17, 15) is 18.0 Å². The quantitative estimate of drug-likeness (QED) is 0.420. The molecule has 0 radical (unpaired) electrons.